The third-order valence-electron chi connectivity index (χ3n) is 0.414. The Balaban J connectivity index is 2.63. The second kappa shape index (κ2) is 3.08. The van der Waals surface area contributed by atoms with Crippen molar-refractivity contribution in [2.75, 3.05) is 6.61 Å². The zero-order valence-electron chi connectivity index (χ0n) is 3.42. The molecule has 0 aromatic carbocycles. The first-order chi connectivity index (χ1) is 2.77. The minimum absolute atomic E-state index is 0.153. The molecule has 0 bridgehead atoms. The van der Waals surface area contributed by atoms with Crippen molar-refractivity contribution in [2.24, 2.45) is 5.73 Å². The van der Waals surface area contributed by atoms with Gasteiger partial charge in [0.1, 0.15) is 6.23 Å². The molecule has 37 valence electrons. The lowest BCUT2D eigenvalue weighted by Crippen LogP contribution is -2.19. The van der Waals surface area contributed by atoms with Crippen molar-refractivity contribution < 1.29 is 10.2 Å². The van der Waals surface area contributed by atoms with Crippen LogP contribution in [0.1, 0.15) is 6.42 Å². The molecule has 1 radical (unpaired) electrons. The topological polar surface area (TPSA) is 66.2 Å². The average molecular weight is 90.1 g/mol. The number of aliphatic hydroxyl groups excluding tert-OH is 1. The largest absolute Gasteiger partial charge is 0.379 e. The van der Waals surface area contributed by atoms with Crippen molar-refractivity contribution in [3.8, 4) is 0 Å². The Morgan fingerprint density at radius 3 is 2.33 bits per heavy atom. The summed E-state index contributed by atoms with van der Waals surface area (Å²) in [4.78, 5) is 0. The highest BCUT2D eigenvalue weighted by Crippen LogP contribution is 1.75. The van der Waals surface area contributed by atoms with Crippen LogP contribution in [0.5, 0.6) is 0 Å². The molecule has 3 heteroatoms. The highest BCUT2D eigenvalue weighted by atomic mass is 16.3. The van der Waals surface area contributed by atoms with Gasteiger partial charge in [-0.2, -0.15) is 0 Å². The van der Waals surface area contributed by atoms with Crippen LogP contribution in [0.3, 0.4) is 0 Å². The molecule has 0 aromatic rings. The predicted molar refractivity (Wildman–Crippen MR) is 20.4 cm³/mol. The number of aliphatic hydroxyl groups is 1. The lowest BCUT2D eigenvalue weighted by molar-refractivity contribution is 0.108. The van der Waals surface area contributed by atoms with Crippen LogP contribution in [0.2, 0.25) is 0 Å². The molecule has 0 saturated heterocycles. The Bertz CT molecular complexity index is 30.0. The van der Waals surface area contributed by atoms with E-state index in [0.717, 1.165) is 0 Å². The summed E-state index contributed by atoms with van der Waals surface area (Å²) in [5.41, 5.74) is 4.76. The monoisotopic (exact) mass is 90.1 g/mol. The number of rotatable bonds is 2. The van der Waals surface area contributed by atoms with Crippen molar-refractivity contribution >= 4 is 0 Å². The number of hydrogen-bond donors (Lipinski definition) is 2. The van der Waals surface area contributed by atoms with Gasteiger partial charge < -0.3 is 10.8 Å². The third kappa shape index (κ3) is 3.88. The zero-order valence-corrected chi connectivity index (χ0v) is 3.42. The highest BCUT2D eigenvalue weighted by molar-refractivity contribution is 4.37. The average Bonchev–Trinajstić information content (AvgIpc) is 1.35. The molecular formula is C3H8NO2. The van der Waals surface area contributed by atoms with Gasteiger partial charge in [0.2, 0.25) is 0 Å². The van der Waals surface area contributed by atoms with E-state index in [2.05, 4.69) is 0 Å². The summed E-state index contributed by atoms with van der Waals surface area (Å²) in [5.74, 6) is 0. The Morgan fingerprint density at radius 2 is 2.33 bits per heavy atom. The Labute approximate surface area is 36.4 Å². The first kappa shape index (κ1) is 5.88. The molecule has 0 spiro atoms. The summed E-state index contributed by atoms with van der Waals surface area (Å²) < 4.78 is 0. The van der Waals surface area contributed by atoms with Crippen LogP contribution in [0, 0.1) is 0 Å². The SMILES string of the molecule is NC(O)CC[O]. The van der Waals surface area contributed by atoms with E-state index in [9.17, 15) is 5.11 Å². The fourth-order valence-electron chi connectivity index (χ4n) is 0.121. The van der Waals surface area contributed by atoms with Gasteiger partial charge >= 0.3 is 0 Å². The van der Waals surface area contributed by atoms with Crippen molar-refractivity contribution in [3.05, 3.63) is 0 Å². The summed E-state index contributed by atoms with van der Waals surface area (Å²) in [6.45, 7) is -0.294. The molecule has 3 nitrogen and oxygen atoms in total. The molecule has 0 saturated carbocycles. The van der Waals surface area contributed by atoms with Gasteiger partial charge in [-0.3, -0.25) is 0 Å². The maximum Gasteiger partial charge on any atom is 0.104 e. The first-order valence-corrected chi connectivity index (χ1v) is 1.79. The molecule has 1 unspecified atom stereocenters. The Morgan fingerprint density at radius 1 is 1.83 bits per heavy atom. The summed E-state index contributed by atoms with van der Waals surface area (Å²) in [7, 11) is 0. The Kier molecular flexibility index (Phi) is 3.02. The number of hydrogen-bond acceptors (Lipinski definition) is 2. The van der Waals surface area contributed by atoms with E-state index in [0.29, 0.717) is 0 Å². The van der Waals surface area contributed by atoms with Gasteiger partial charge in [-0.25, -0.2) is 5.11 Å². The second-order valence-electron chi connectivity index (χ2n) is 1.06. The van der Waals surface area contributed by atoms with Crippen molar-refractivity contribution in [1.29, 1.82) is 0 Å². The smallest absolute Gasteiger partial charge is 0.104 e. The van der Waals surface area contributed by atoms with Crippen LogP contribution in [0.4, 0.5) is 0 Å². The van der Waals surface area contributed by atoms with Gasteiger partial charge in [-0.15, -0.1) is 0 Å². The van der Waals surface area contributed by atoms with Gasteiger partial charge in [0.05, 0.1) is 6.61 Å². The first-order valence-electron chi connectivity index (χ1n) is 1.79. The molecule has 1 atom stereocenters. The lowest BCUT2D eigenvalue weighted by Gasteiger charge is -1.94. The van der Waals surface area contributed by atoms with Crippen molar-refractivity contribution in [3.63, 3.8) is 0 Å². The molecule has 0 amide bonds. The van der Waals surface area contributed by atoms with E-state index in [1.54, 1.807) is 0 Å². The molecule has 3 N–H and O–H groups in total. The fraction of sp³-hybridized carbons (Fsp3) is 1.00. The summed E-state index contributed by atoms with van der Waals surface area (Å²) in [5, 5.41) is 17.6. The molecule has 6 heavy (non-hydrogen) atoms. The minimum Gasteiger partial charge on any atom is -0.379 e. The molecule has 0 fully saturated rings. The molecule has 0 aliphatic heterocycles. The molecular weight excluding hydrogens is 82.0 g/mol. The zero-order chi connectivity index (χ0) is 4.99. The van der Waals surface area contributed by atoms with Crippen LogP contribution in [0.15, 0.2) is 0 Å². The van der Waals surface area contributed by atoms with Gasteiger partial charge in [0, 0.05) is 6.42 Å². The van der Waals surface area contributed by atoms with Gasteiger partial charge in [-0.1, -0.05) is 0 Å². The molecule has 0 heterocycles. The maximum absolute atomic E-state index is 9.50. The van der Waals surface area contributed by atoms with E-state index in [-0.39, 0.29) is 13.0 Å². The van der Waals surface area contributed by atoms with E-state index in [1.165, 1.54) is 0 Å². The van der Waals surface area contributed by atoms with E-state index >= 15 is 0 Å². The normalized spacial score (nSPS) is 14.5. The van der Waals surface area contributed by atoms with Crippen molar-refractivity contribution in [2.45, 2.75) is 12.6 Å². The van der Waals surface area contributed by atoms with Crippen LogP contribution >= 0.6 is 0 Å². The van der Waals surface area contributed by atoms with Gasteiger partial charge in [0.15, 0.2) is 0 Å². The number of nitrogens with two attached hydrogens (primary N) is 1. The minimum atomic E-state index is -0.914. The van der Waals surface area contributed by atoms with E-state index < -0.39 is 6.23 Å². The second-order valence-corrected chi connectivity index (χ2v) is 1.06. The quantitative estimate of drug-likeness (QED) is 0.431. The van der Waals surface area contributed by atoms with Crippen molar-refractivity contribution in [1.82, 2.24) is 0 Å². The van der Waals surface area contributed by atoms with Crippen LogP contribution in [-0.4, -0.2) is 17.9 Å². The molecule has 0 aliphatic carbocycles. The Hall–Kier alpha value is -0.120. The molecule has 0 rings (SSSR count). The summed E-state index contributed by atoms with van der Waals surface area (Å²) in [6.07, 6.45) is -0.762. The van der Waals surface area contributed by atoms with E-state index in [4.69, 9.17) is 10.8 Å². The lowest BCUT2D eigenvalue weighted by atomic mass is 10.4. The molecule has 0 aliphatic rings. The maximum atomic E-state index is 9.50. The summed E-state index contributed by atoms with van der Waals surface area (Å²) >= 11 is 0. The highest BCUT2D eigenvalue weighted by Gasteiger charge is 1.89. The fourth-order valence-corrected chi connectivity index (χ4v) is 0.121. The van der Waals surface area contributed by atoms with Crippen LogP contribution in [0.25, 0.3) is 0 Å². The standard InChI is InChI=1S/C3H8NO2/c4-3(6)1-2-5/h3,6H,1-2,4H2. The summed E-state index contributed by atoms with van der Waals surface area (Å²) in [6, 6.07) is 0. The van der Waals surface area contributed by atoms with Gasteiger partial charge in [0.25, 0.3) is 0 Å². The van der Waals surface area contributed by atoms with E-state index in [1.807, 2.05) is 0 Å². The third-order valence-corrected chi connectivity index (χ3v) is 0.414. The van der Waals surface area contributed by atoms with Crippen LogP contribution < -0.4 is 5.73 Å². The van der Waals surface area contributed by atoms with Crippen LogP contribution in [-0.2, 0) is 5.11 Å². The molecule has 0 aromatic heterocycles. The predicted octanol–water partition coefficient (Wildman–Crippen LogP) is -0.916. The van der Waals surface area contributed by atoms with Gasteiger partial charge in [-0.05, 0) is 0 Å².